The summed E-state index contributed by atoms with van der Waals surface area (Å²) in [6, 6.07) is 15.3. The minimum atomic E-state index is 0.283. The Hall–Kier alpha value is -2.29. The molecule has 0 saturated carbocycles. The zero-order valence-corrected chi connectivity index (χ0v) is 11.9. The lowest BCUT2D eigenvalue weighted by atomic mass is 10.0. The number of rotatable bonds is 4. The first-order valence-corrected chi connectivity index (χ1v) is 7.05. The van der Waals surface area contributed by atoms with Gasteiger partial charge < -0.3 is 5.32 Å². The van der Waals surface area contributed by atoms with Crippen molar-refractivity contribution >= 4 is 16.6 Å². The second-order valence-corrected chi connectivity index (χ2v) is 5.13. The van der Waals surface area contributed by atoms with E-state index in [0.29, 0.717) is 0 Å². The van der Waals surface area contributed by atoms with Crippen LogP contribution in [0.15, 0.2) is 48.7 Å². The van der Waals surface area contributed by atoms with Crippen molar-refractivity contribution in [1.29, 1.82) is 0 Å². The molecule has 0 amide bonds. The molecule has 1 aromatic heterocycles. The van der Waals surface area contributed by atoms with Gasteiger partial charge in [0.05, 0.1) is 11.7 Å². The summed E-state index contributed by atoms with van der Waals surface area (Å²) in [6.45, 7) is 4.36. The number of nitrogens with one attached hydrogen (secondary N) is 2. The van der Waals surface area contributed by atoms with Gasteiger partial charge >= 0.3 is 0 Å². The summed E-state index contributed by atoms with van der Waals surface area (Å²) >= 11 is 0. The molecule has 0 fully saturated rings. The fraction of sp³-hybridized carbons (Fsp3) is 0.235. The van der Waals surface area contributed by atoms with Crippen LogP contribution < -0.4 is 5.32 Å². The largest absolute Gasteiger partial charge is 0.379 e. The molecule has 2 N–H and O–H groups in total. The average Bonchev–Trinajstić information content (AvgIpc) is 2.95. The first-order chi connectivity index (χ1) is 9.76. The van der Waals surface area contributed by atoms with Gasteiger partial charge in [0.25, 0.3) is 0 Å². The number of aromatic amines is 1. The third-order valence-corrected chi connectivity index (χ3v) is 3.71. The number of H-pyrrole nitrogens is 1. The van der Waals surface area contributed by atoms with Crippen LogP contribution in [-0.2, 0) is 6.42 Å². The van der Waals surface area contributed by atoms with E-state index in [4.69, 9.17) is 0 Å². The van der Waals surface area contributed by atoms with E-state index < -0.39 is 0 Å². The number of hydrogen-bond acceptors (Lipinski definition) is 2. The Balaban J connectivity index is 1.78. The molecule has 3 nitrogen and oxygen atoms in total. The molecule has 20 heavy (non-hydrogen) atoms. The smallest absolute Gasteiger partial charge is 0.0651 e. The lowest BCUT2D eigenvalue weighted by molar-refractivity contribution is 0.883. The molecular formula is C17H19N3. The van der Waals surface area contributed by atoms with E-state index in [1.807, 2.05) is 6.20 Å². The molecule has 1 unspecified atom stereocenters. The maximum absolute atomic E-state index is 4.05. The van der Waals surface area contributed by atoms with Gasteiger partial charge in [0, 0.05) is 17.1 Å². The Bertz CT molecular complexity index is 698. The van der Waals surface area contributed by atoms with Crippen molar-refractivity contribution in [2.45, 2.75) is 26.3 Å². The Labute approximate surface area is 119 Å². The zero-order valence-electron chi connectivity index (χ0n) is 11.9. The Morgan fingerprint density at radius 3 is 2.70 bits per heavy atom. The van der Waals surface area contributed by atoms with Crippen molar-refractivity contribution in [2.75, 3.05) is 5.32 Å². The molecule has 3 aromatic rings. The number of benzene rings is 2. The van der Waals surface area contributed by atoms with Gasteiger partial charge in [0.2, 0.25) is 0 Å². The highest BCUT2D eigenvalue weighted by Crippen LogP contribution is 2.22. The van der Waals surface area contributed by atoms with E-state index in [2.05, 4.69) is 71.8 Å². The van der Waals surface area contributed by atoms with E-state index in [1.54, 1.807) is 0 Å². The van der Waals surface area contributed by atoms with Gasteiger partial charge in [-0.3, -0.25) is 5.10 Å². The Kier molecular flexibility index (Phi) is 3.42. The van der Waals surface area contributed by atoms with Gasteiger partial charge in [-0.2, -0.15) is 5.10 Å². The van der Waals surface area contributed by atoms with Crippen LogP contribution in [0.1, 0.15) is 31.0 Å². The minimum absolute atomic E-state index is 0.283. The molecule has 0 aliphatic rings. The molecule has 3 rings (SSSR count). The van der Waals surface area contributed by atoms with Crippen molar-refractivity contribution in [3.05, 3.63) is 59.8 Å². The zero-order chi connectivity index (χ0) is 13.9. The van der Waals surface area contributed by atoms with Gasteiger partial charge in [-0.05, 0) is 42.7 Å². The van der Waals surface area contributed by atoms with E-state index in [9.17, 15) is 0 Å². The highest BCUT2D eigenvalue weighted by Gasteiger charge is 2.06. The molecule has 102 valence electrons. The molecule has 0 aliphatic carbocycles. The second kappa shape index (κ2) is 5.37. The predicted octanol–water partition coefficient (Wildman–Crippen LogP) is 4.30. The Morgan fingerprint density at radius 1 is 1.15 bits per heavy atom. The number of aryl methyl sites for hydroxylation is 1. The summed E-state index contributed by atoms with van der Waals surface area (Å²) in [7, 11) is 0. The van der Waals surface area contributed by atoms with Gasteiger partial charge in [-0.25, -0.2) is 0 Å². The van der Waals surface area contributed by atoms with Crippen LogP contribution in [0.25, 0.3) is 10.9 Å². The van der Waals surface area contributed by atoms with Gasteiger partial charge in [0.1, 0.15) is 0 Å². The van der Waals surface area contributed by atoms with Crippen LogP contribution in [0.4, 0.5) is 5.69 Å². The van der Waals surface area contributed by atoms with E-state index in [0.717, 1.165) is 23.0 Å². The SMILES string of the molecule is CCc1ccc(C(C)Nc2ccc3[nH]ncc3c2)cc1. The molecule has 2 aromatic carbocycles. The fourth-order valence-electron chi connectivity index (χ4n) is 2.41. The minimum Gasteiger partial charge on any atom is -0.379 e. The van der Waals surface area contributed by atoms with Crippen LogP contribution in [-0.4, -0.2) is 10.2 Å². The van der Waals surface area contributed by atoms with Gasteiger partial charge in [-0.15, -0.1) is 0 Å². The summed E-state index contributed by atoms with van der Waals surface area (Å²) in [6.07, 6.45) is 2.93. The third-order valence-electron chi connectivity index (χ3n) is 3.71. The van der Waals surface area contributed by atoms with E-state index in [1.165, 1.54) is 11.1 Å². The number of aromatic nitrogens is 2. The summed E-state index contributed by atoms with van der Waals surface area (Å²) in [5, 5.41) is 11.7. The van der Waals surface area contributed by atoms with Crippen molar-refractivity contribution in [3.8, 4) is 0 Å². The molecule has 0 aliphatic heterocycles. The molecule has 1 heterocycles. The van der Waals surface area contributed by atoms with Crippen molar-refractivity contribution in [1.82, 2.24) is 10.2 Å². The van der Waals surface area contributed by atoms with Crippen LogP contribution in [0.3, 0.4) is 0 Å². The van der Waals surface area contributed by atoms with Gasteiger partial charge in [0.15, 0.2) is 0 Å². The van der Waals surface area contributed by atoms with Crippen molar-refractivity contribution < 1.29 is 0 Å². The summed E-state index contributed by atoms with van der Waals surface area (Å²) in [4.78, 5) is 0. The summed E-state index contributed by atoms with van der Waals surface area (Å²) in [5.74, 6) is 0. The predicted molar refractivity (Wildman–Crippen MR) is 84.0 cm³/mol. The molecule has 0 spiro atoms. The number of nitrogens with zero attached hydrogens (tertiary/aromatic N) is 1. The van der Waals surface area contributed by atoms with E-state index >= 15 is 0 Å². The number of anilines is 1. The van der Waals surface area contributed by atoms with Crippen LogP contribution >= 0.6 is 0 Å². The molecule has 0 radical (unpaired) electrons. The molecule has 1 atom stereocenters. The highest BCUT2D eigenvalue weighted by atomic mass is 15.1. The van der Waals surface area contributed by atoms with Crippen molar-refractivity contribution in [2.24, 2.45) is 0 Å². The monoisotopic (exact) mass is 265 g/mol. The maximum atomic E-state index is 4.05. The molecule has 3 heteroatoms. The molecule has 0 bridgehead atoms. The number of fused-ring (bicyclic) bond motifs is 1. The third kappa shape index (κ3) is 2.52. The van der Waals surface area contributed by atoms with Crippen molar-refractivity contribution in [3.63, 3.8) is 0 Å². The first kappa shape index (κ1) is 12.7. The van der Waals surface area contributed by atoms with E-state index in [-0.39, 0.29) is 6.04 Å². The average molecular weight is 265 g/mol. The van der Waals surface area contributed by atoms with Crippen LogP contribution in [0, 0.1) is 0 Å². The summed E-state index contributed by atoms with van der Waals surface area (Å²) in [5.41, 5.74) is 4.86. The quantitative estimate of drug-likeness (QED) is 0.738. The fourth-order valence-corrected chi connectivity index (χ4v) is 2.41. The lowest BCUT2D eigenvalue weighted by Gasteiger charge is -2.16. The van der Waals surface area contributed by atoms with Crippen LogP contribution in [0.2, 0.25) is 0 Å². The number of hydrogen-bond donors (Lipinski definition) is 2. The normalized spacial score (nSPS) is 12.5. The second-order valence-electron chi connectivity index (χ2n) is 5.13. The topological polar surface area (TPSA) is 40.7 Å². The molecular weight excluding hydrogens is 246 g/mol. The molecule has 0 saturated heterocycles. The lowest BCUT2D eigenvalue weighted by Crippen LogP contribution is -2.06. The Morgan fingerprint density at radius 2 is 1.95 bits per heavy atom. The highest BCUT2D eigenvalue weighted by molar-refractivity contribution is 5.81. The maximum Gasteiger partial charge on any atom is 0.0651 e. The van der Waals surface area contributed by atoms with Gasteiger partial charge in [-0.1, -0.05) is 31.2 Å². The van der Waals surface area contributed by atoms with Crippen LogP contribution in [0.5, 0.6) is 0 Å². The first-order valence-electron chi connectivity index (χ1n) is 7.05. The standard InChI is InChI=1S/C17H19N3/c1-3-13-4-6-14(7-5-13)12(2)19-16-8-9-17-15(10-16)11-18-20-17/h4-12,19H,3H2,1-2H3,(H,18,20). The summed E-state index contributed by atoms with van der Waals surface area (Å²) < 4.78 is 0.